The summed E-state index contributed by atoms with van der Waals surface area (Å²) in [4.78, 5) is 0. The van der Waals surface area contributed by atoms with Gasteiger partial charge in [-0.05, 0) is 121 Å². The Balaban J connectivity index is 1.29. The second-order valence-electron chi connectivity index (χ2n) is 14.0. The van der Waals surface area contributed by atoms with Gasteiger partial charge >= 0.3 is 0 Å². The van der Waals surface area contributed by atoms with Crippen LogP contribution in [-0.4, -0.2) is 7.11 Å². The van der Waals surface area contributed by atoms with E-state index in [4.69, 9.17) is 4.74 Å². The molecule has 35 heavy (non-hydrogen) atoms. The van der Waals surface area contributed by atoms with Crippen molar-refractivity contribution in [1.29, 1.82) is 0 Å². The Morgan fingerprint density at radius 1 is 0.914 bits per heavy atom. The van der Waals surface area contributed by atoms with Crippen LogP contribution in [0.3, 0.4) is 0 Å². The van der Waals surface area contributed by atoms with E-state index in [9.17, 15) is 0 Å². The number of hydrogen-bond acceptors (Lipinski definition) is 1. The van der Waals surface area contributed by atoms with E-state index in [0.717, 1.165) is 41.3 Å². The molecular formula is C34H52O. The van der Waals surface area contributed by atoms with Crippen molar-refractivity contribution in [2.24, 2.45) is 46.3 Å². The molecule has 0 aliphatic heterocycles. The summed E-state index contributed by atoms with van der Waals surface area (Å²) in [5, 5.41) is 0. The van der Waals surface area contributed by atoms with E-state index in [-0.39, 0.29) is 0 Å². The maximum Gasteiger partial charge on any atom is 0.118 e. The molecule has 0 heterocycles. The maximum atomic E-state index is 5.40. The van der Waals surface area contributed by atoms with Crippen molar-refractivity contribution < 1.29 is 4.74 Å². The lowest BCUT2D eigenvalue weighted by molar-refractivity contribution is -0.0510. The van der Waals surface area contributed by atoms with Crippen molar-refractivity contribution in [3.63, 3.8) is 0 Å². The van der Waals surface area contributed by atoms with Crippen LogP contribution in [-0.2, 0) is 0 Å². The largest absolute Gasteiger partial charge is 0.497 e. The predicted molar refractivity (Wildman–Crippen MR) is 149 cm³/mol. The van der Waals surface area contributed by atoms with Gasteiger partial charge in [-0.25, -0.2) is 0 Å². The van der Waals surface area contributed by atoms with Crippen LogP contribution in [0.2, 0.25) is 0 Å². The predicted octanol–water partition coefficient (Wildman–Crippen LogP) is 9.82. The molecule has 3 saturated carbocycles. The number of hydrogen-bond donors (Lipinski definition) is 0. The fraction of sp³-hybridized carbons (Fsp3) is 0.765. The third kappa shape index (κ3) is 4.53. The van der Waals surface area contributed by atoms with Crippen molar-refractivity contribution >= 4 is 0 Å². The average Bonchev–Trinajstić information content (AvgIpc) is 3.20. The molecule has 0 radical (unpaired) electrons. The minimum atomic E-state index is 0.453. The van der Waals surface area contributed by atoms with Gasteiger partial charge in [0.1, 0.15) is 5.75 Å². The molecule has 0 N–H and O–H groups in total. The zero-order valence-electron chi connectivity index (χ0n) is 23.6. The first-order valence-electron chi connectivity index (χ1n) is 15.1. The van der Waals surface area contributed by atoms with E-state index in [1.165, 1.54) is 76.2 Å². The van der Waals surface area contributed by atoms with Crippen LogP contribution in [0, 0.1) is 46.3 Å². The highest BCUT2D eigenvalue weighted by molar-refractivity contribution is 5.34. The second kappa shape index (κ2) is 9.90. The van der Waals surface area contributed by atoms with Gasteiger partial charge in [-0.15, -0.1) is 0 Å². The van der Waals surface area contributed by atoms with Gasteiger partial charge in [0.15, 0.2) is 0 Å². The highest BCUT2D eigenvalue weighted by atomic mass is 16.5. The fourth-order valence-corrected chi connectivity index (χ4v) is 9.85. The molecule has 0 amide bonds. The summed E-state index contributed by atoms with van der Waals surface area (Å²) in [6, 6.07) is 8.92. The normalized spacial score (nSPS) is 39.4. The van der Waals surface area contributed by atoms with Crippen LogP contribution in [0.1, 0.15) is 117 Å². The fourth-order valence-electron chi connectivity index (χ4n) is 9.85. The second-order valence-corrected chi connectivity index (χ2v) is 14.0. The first-order valence-corrected chi connectivity index (χ1v) is 15.1. The van der Waals surface area contributed by atoms with Gasteiger partial charge in [0.05, 0.1) is 7.11 Å². The Morgan fingerprint density at radius 2 is 1.69 bits per heavy atom. The topological polar surface area (TPSA) is 9.23 Å². The Morgan fingerprint density at radius 3 is 2.40 bits per heavy atom. The van der Waals surface area contributed by atoms with E-state index < -0.39 is 0 Å². The van der Waals surface area contributed by atoms with Crippen LogP contribution in [0.4, 0.5) is 0 Å². The van der Waals surface area contributed by atoms with Gasteiger partial charge in [0.25, 0.3) is 0 Å². The van der Waals surface area contributed by atoms with Crippen molar-refractivity contribution in [1.82, 2.24) is 0 Å². The quantitative estimate of drug-likeness (QED) is 0.356. The number of fused-ring (bicyclic) bond motifs is 5. The molecular weight excluding hydrogens is 424 g/mol. The molecule has 194 valence electrons. The Labute approximate surface area is 216 Å². The summed E-state index contributed by atoms with van der Waals surface area (Å²) in [6.07, 6.45) is 18.4. The van der Waals surface area contributed by atoms with Gasteiger partial charge in [0, 0.05) is 0 Å². The van der Waals surface area contributed by atoms with Gasteiger partial charge in [-0.3, -0.25) is 0 Å². The van der Waals surface area contributed by atoms with Crippen molar-refractivity contribution in [2.45, 2.75) is 111 Å². The summed E-state index contributed by atoms with van der Waals surface area (Å²) >= 11 is 0. The highest BCUT2D eigenvalue weighted by Gasteiger charge is 2.59. The number of benzene rings is 1. The molecule has 4 aliphatic rings. The maximum absolute atomic E-state index is 5.40. The first kappa shape index (κ1) is 25.4. The van der Waals surface area contributed by atoms with E-state index in [1.54, 1.807) is 7.11 Å². The Bertz CT molecular complexity index is 896. The van der Waals surface area contributed by atoms with Gasteiger partial charge < -0.3 is 4.74 Å². The summed E-state index contributed by atoms with van der Waals surface area (Å²) in [6.45, 7) is 12.8. The molecule has 1 unspecified atom stereocenters. The molecule has 8 atom stereocenters. The van der Waals surface area contributed by atoms with Crippen molar-refractivity contribution in [2.75, 3.05) is 7.11 Å². The minimum Gasteiger partial charge on any atom is -0.497 e. The lowest BCUT2D eigenvalue weighted by atomic mass is 9.46. The van der Waals surface area contributed by atoms with Gasteiger partial charge in [0.2, 0.25) is 0 Å². The van der Waals surface area contributed by atoms with E-state index in [1.807, 2.05) is 5.57 Å². The molecule has 1 aromatic carbocycles. The number of allylic oxidation sites excluding steroid dienone is 2. The average molecular weight is 477 g/mol. The number of methoxy groups -OCH3 is 1. The summed E-state index contributed by atoms with van der Waals surface area (Å²) in [5.41, 5.74) is 4.37. The summed E-state index contributed by atoms with van der Waals surface area (Å²) in [5.74, 6) is 7.22. The van der Waals surface area contributed by atoms with Crippen molar-refractivity contribution in [3.05, 3.63) is 41.5 Å². The molecule has 0 bridgehead atoms. The van der Waals surface area contributed by atoms with Gasteiger partial charge in [-0.2, -0.15) is 0 Å². The molecule has 5 rings (SSSR count). The van der Waals surface area contributed by atoms with E-state index in [0.29, 0.717) is 16.7 Å². The minimum absolute atomic E-state index is 0.453. The van der Waals surface area contributed by atoms with Crippen molar-refractivity contribution in [3.8, 4) is 5.75 Å². The first-order chi connectivity index (χ1) is 16.8. The molecule has 1 heteroatoms. The van der Waals surface area contributed by atoms with Crippen LogP contribution in [0.25, 0.3) is 0 Å². The lowest BCUT2D eigenvalue weighted by Crippen LogP contribution is -2.50. The van der Waals surface area contributed by atoms with E-state index >= 15 is 0 Å². The zero-order valence-corrected chi connectivity index (χ0v) is 23.6. The number of rotatable bonds is 7. The molecule has 0 aromatic heterocycles. The molecule has 0 spiro atoms. The highest BCUT2D eigenvalue weighted by Crippen LogP contribution is 2.68. The molecule has 3 fully saturated rings. The van der Waals surface area contributed by atoms with Crippen LogP contribution in [0.15, 0.2) is 35.9 Å². The van der Waals surface area contributed by atoms with Crippen LogP contribution in [0.5, 0.6) is 5.75 Å². The third-order valence-corrected chi connectivity index (χ3v) is 11.9. The standard InChI is InChI=1S/C34H52O/c1-23(2)8-7-9-24(3)30-16-17-31-29-15-12-27-22-26(25-10-13-28(35-6)14-11-25)18-20-33(27,4)32(29)19-21-34(30,31)5/h10-14,23-24,26,29-32H,7-9,15-22H2,1-6H3/t24-,26+,29?,30-,31+,32+,33+,34-/m1/s1. The Kier molecular flexibility index (Phi) is 7.19. The summed E-state index contributed by atoms with van der Waals surface area (Å²) < 4.78 is 5.40. The number of ether oxygens (including phenoxy) is 1. The SMILES string of the molecule is COc1ccc([C@H]2CC[C@@]3(C)C(=CCC4[C@@H]5CC[C@H]([C@H](C)CCCC(C)C)[C@@]5(C)CC[C@@H]43)C2)cc1. The molecule has 1 aromatic rings. The lowest BCUT2D eigenvalue weighted by Gasteiger charge is -2.58. The third-order valence-electron chi connectivity index (χ3n) is 11.9. The van der Waals surface area contributed by atoms with Gasteiger partial charge in [-0.1, -0.05) is 77.7 Å². The monoisotopic (exact) mass is 476 g/mol. The molecule has 1 nitrogen and oxygen atoms in total. The van der Waals surface area contributed by atoms with Crippen LogP contribution < -0.4 is 4.74 Å². The molecule has 4 aliphatic carbocycles. The van der Waals surface area contributed by atoms with E-state index in [2.05, 4.69) is 65.0 Å². The smallest absolute Gasteiger partial charge is 0.118 e. The Hall–Kier alpha value is -1.24. The zero-order chi connectivity index (χ0) is 24.8. The molecule has 0 saturated heterocycles. The van der Waals surface area contributed by atoms with Crippen LogP contribution >= 0.6 is 0 Å². The summed E-state index contributed by atoms with van der Waals surface area (Å²) in [7, 11) is 1.76.